The predicted octanol–water partition coefficient (Wildman–Crippen LogP) is 5.97. The number of nitrogens with zero attached hydrogens (tertiary/aromatic N) is 1. The Kier molecular flexibility index (Phi) is 4.93. The van der Waals surface area contributed by atoms with Gasteiger partial charge in [-0.05, 0) is 52.9 Å². The van der Waals surface area contributed by atoms with Gasteiger partial charge in [0, 0.05) is 17.7 Å². The van der Waals surface area contributed by atoms with E-state index in [1.165, 1.54) is 5.56 Å². The lowest BCUT2D eigenvalue weighted by molar-refractivity contribution is 0.102. The van der Waals surface area contributed by atoms with E-state index in [1.54, 1.807) is 0 Å². The first kappa shape index (κ1) is 18.9. The minimum absolute atomic E-state index is 0.0690. The maximum atomic E-state index is 12.5. The highest BCUT2D eigenvalue weighted by atomic mass is 16.3. The summed E-state index contributed by atoms with van der Waals surface area (Å²) in [5, 5.41) is 2.95. The third-order valence-electron chi connectivity index (χ3n) is 4.92. The predicted molar refractivity (Wildman–Crippen MR) is 116 cm³/mol. The molecule has 0 atom stereocenters. The van der Waals surface area contributed by atoms with Crippen LogP contribution in [0.25, 0.3) is 11.1 Å². The average molecular weight is 384 g/mol. The molecule has 0 spiro atoms. The summed E-state index contributed by atoms with van der Waals surface area (Å²) < 4.78 is 5.78. The minimum atomic E-state index is -0.114. The van der Waals surface area contributed by atoms with Gasteiger partial charge in [0.25, 0.3) is 5.91 Å². The third kappa shape index (κ3) is 4.37. The van der Waals surface area contributed by atoms with Gasteiger partial charge in [0.15, 0.2) is 11.5 Å². The molecule has 0 aliphatic heterocycles. The second-order valence-corrected chi connectivity index (χ2v) is 8.23. The number of anilines is 1. The molecule has 4 heteroatoms. The van der Waals surface area contributed by atoms with Crippen molar-refractivity contribution in [2.75, 3.05) is 5.32 Å². The van der Waals surface area contributed by atoms with Gasteiger partial charge in [-0.25, -0.2) is 4.98 Å². The van der Waals surface area contributed by atoms with E-state index in [1.807, 2.05) is 72.8 Å². The highest BCUT2D eigenvalue weighted by Crippen LogP contribution is 2.23. The number of amides is 1. The summed E-state index contributed by atoms with van der Waals surface area (Å²) in [6.45, 7) is 6.47. The number of nitrogens with one attached hydrogen (secondary N) is 1. The van der Waals surface area contributed by atoms with Gasteiger partial charge in [0.1, 0.15) is 5.52 Å². The minimum Gasteiger partial charge on any atom is -0.440 e. The lowest BCUT2D eigenvalue weighted by Gasteiger charge is -2.19. The SMILES string of the molecule is CC(C)(C)c1ccc(C(=O)Nc2ccc(Cc3nc4ccccc4o3)cc2)cc1. The molecule has 4 nitrogen and oxygen atoms in total. The van der Waals surface area contributed by atoms with Gasteiger partial charge in [-0.2, -0.15) is 0 Å². The van der Waals surface area contributed by atoms with Crippen molar-refractivity contribution >= 4 is 22.7 Å². The molecule has 4 rings (SSSR count). The summed E-state index contributed by atoms with van der Waals surface area (Å²) in [7, 11) is 0. The molecular weight excluding hydrogens is 360 g/mol. The molecule has 0 aliphatic carbocycles. The van der Waals surface area contributed by atoms with Gasteiger partial charge in [-0.3, -0.25) is 4.79 Å². The number of fused-ring (bicyclic) bond motifs is 1. The quantitative estimate of drug-likeness (QED) is 0.472. The van der Waals surface area contributed by atoms with Crippen LogP contribution in [0.4, 0.5) is 5.69 Å². The summed E-state index contributed by atoms with van der Waals surface area (Å²) >= 11 is 0. The maximum absolute atomic E-state index is 12.5. The Hall–Kier alpha value is -3.40. The fourth-order valence-corrected chi connectivity index (χ4v) is 3.20. The van der Waals surface area contributed by atoms with Crippen LogP contribution in [0.2, 0.25) is 0 Å². The van der Waals surface area contributed by atoms with Crippen molar-refractivity contribution in [1.82, 2.24) is 4.98 Å². The molecule has 0 radical (unpaired) electrons. The van der Waals surface area contributed by atoms with Crippen LogP contribution in [0.1, 0.15) is 48.1 Å². The van der Waals surface area contributed by atoms with Crippen molar-refractivity contribution in [3.63, 3.8) is 0 Å². The van der Waals surface area contributed by atoms with Gasteiger partial charge in [0.05, 0.1) is 0 Å². The number of carbonyl (C=O) groups is 1. The number of hydrogen-bond acceptors (Lipinski definition) is 3. The van der Waals surface area contributed by atoms with Crippen molar-refractivity contribution in [2.24, 2.45) is 0 Å². The summed E-state index contributed by atoms with van der Waals surface area (Å²) in [5.74, 6) is 0.569. The van der Waals surface area contributed by atoms with Crippen molar-refractivity contribution in [1.29, 1.82) is 0 Å². The first-order chi connectivity index (χ1) is 13.9. The molecule has 1 N–H and O–H groups in total. The van der Waals surface area contributed by atoms with Crippen LogP contribution in [0.5, 0.6) is 0 Å². The fraction of sp³-hybridized carbons (Fsp3) is 0.200. The van der Waals surface area contributed by atoms with Crippen molar-refractivity contribution in [3.05, 3.63) is 95.4 Å². The second kappa shape index (κ2) is 7.55. The van der Waals surface area contributed by atoms with E-state index in [0.717, 1.165) is 22.4 Å². The van der Waals surface area contributed by atoms with Gasteiger partial charge in [-0.1, -0.05) is 57.2 Å². The highest BCUT2D eigenvalue weighted by Gasteiger charge is 2.14. The summed E-state index contributed by atoms with van der Waals surface area (Å²) in [6.07, 6.45) is 0.608. The van der Waals surface area contributed by atoms with Crippen molar-refractivity contribution < 1.29 is 9.21 Å². The number of carbonyl (C=O) groups excluding carboxylic acids is 1. The molecule has 29 heavy (non-hydrogen) atoms. The average Bonchev–Trinajstić information content (AvgIpc) is 3.11. The lowest BCUT2D eigenvalue weighted by atomic mass is 9.87. The lowest BCUT2D eigenvalue weighted by Crippen LogP contribution is -2.14. The first-order valence-electron chi connectivity index (χ1n) is 9.74. The molecule has 4 aromatic rings. The summed E-state index contributed by atoms with van der Waals surface area (Å²) in [4.78, 5) is 17.0. The Morgan fingerprint density at radius 2 is 1.62 bits per heavy atom. The zero-order valence-corrected chi connectivity index (χ0v) is 16.9. The number of oxazole rings is 1. The Labute approximate surface area is 170 Å². The van der Waals surface area contributed by atoms with Crippen molar-refractivity contribution in [2.45, 2.75) is 32.6 Å². The number of hydrogen-bond donors (Lipinski definition) is 1. The van der Waals surface area contributed by atoms with E-state index < -0.39 is 0 Å². The Morgan fingerprint density at radius 1 is 0.931 bits per heavy atom. The molecule has 0 saturated heterocycles. The molecule has 0 unspecified atom stereocenters. The molecule has 1 amide bonds. The van der Waals surface area contributed by atoms with Crippen LogP contribution in [0.15, 0.2) is 77.2 Å². The van der Waals surface area contributed by atoms with Crippen LogP contribution in [0, 0.1) is 0 Å². The van der Waals surface area contributed by atoms with E-state index in [4.69, 9.17) is 4.42 Å². The summed E-state index contributed by atoms with van der Waals surface area (Å²) in [5.41, 5.74) is 5.42. The number of aromatic nitrogens is 1. The van der Waals surface area contributed by atoms with Gasteiger partial charge < -0.3 is 9.73 Å². The van der Waals surface area contributed by atoms with Crippen LogP contribution < -0.4 is 5.32 Å². The fourth-order valence-electron chi connectivity index (χ4n) is 3.20. The molecule has 0 fully saturated rings. The van der Waals surface area contributed by atoms with Crippen molar-refractivity contribution in [3.8, 4) is 0 Å². The number of rotatable bonds is 4. The largest absolute Gasteiger partial charge is 0.440 e. The van der Waals surface area contributed by atoms with Crippen LogP contribution in [-0.4, -0.2) is 10.9 Å². The smallest absolute Gasteiger partial charge is 0.255 e. The third-order valence-corrected chi connectivity index (χ3v) is 4.92. The molecule has 0 bridgehead atoms. The number of benzene rings is 3. The molecule has 1 heterocycles. The molecular formula is C25H24N2O2. The zero-order valence-electron chi connectivity index (χ0n) is 16.9. The van der Waals surface area contributed by atoms with Crippen LogP contribution in [0.3, 0.4) is 0 Å². The Morgan fingerprint density at radius 3 is 2.28 bits per heavy atom. The topological polar surface area (TPSA) is 55.1 Å². The van der Waals surface area contributed by atoms with E-state index in [2.05, 4.69) is 31.1 Å². The van der Waals surface area contributed by atoms with Crippen LogP contribution in [-0.2, 0) is 11.8 Å². The first-order valence-corrected chi connectivity index (χ1v) is 9.74. The zero-order chi connectivity index (χ0) is 20.4. The second-order valence-electron chi connectivity index (χ2n) is 8.23. The van der Waals surface area contributed by atoms with E-state index in [0.29, 0.717) is 17.9 Å². The molecule has 1 aromatic heterocycles. The van der Waals surface area contributed by atoms with Gasteiger partial charge in [-0.15, -0.1) is 0 Å². The molecule has 0 saturated carbocycles. The molecule has 3 aromatic carbocycles. The Balaban J connectivity index is 1.41. The van der Waals surface area contributed by atoms with Crippen LogP contribution >= 0.6 is 0 Å². The highest BCUT2D eigenvalue weighted by molar-refractivity contribution is 6.04. The monoisotopic (exact) mass is 384 g/mol. The van der Waals surface area contributed by atoms with E-state index in [-0.39, 0.29) is 11.3 Å². The molecule has 0 aliphatic rings. The normalized spacial score (nSPS) is 11.6. The van der Waals surface area contributed by atoms with Gasteiger partial charge in [0.2, 0.25) is 0 Å². The van der Waals surface area contributed by atoms with Gasteiger partial charge >= 0.3 is 0 Å². The Bertz CT molecular complexity index is 1100. The van der Waals surface area contributed by atoms with E-state index >= 15 is 0 Å². The summed E-state index contributed by atoms with van der Waals surface area (Å²) in [6, 6.07) is 23.3. The number of para-hydroxylation sites is 2. The maximum Gasteiger partial charge on any atom is 0.255 e. The molecule has 146 valence electrons. The standard InChI is InChI=1S/C25H24N2O2/c1-25(2,3)19-12-10-18(11-13-19)24(28)26-20-14-8-17(9-15-20)16-23-27-21-6-4-5-7-22(21)29-23/h4-15H,16H2,1-3H3,(H,26,28). The van der Waals surface area contributed by atoms with E-state index in [9.17, 15) is 4.79 Å².